The van der Waals surface area contributed by atoms with Crippen LogP contribution in [0.15, 0.2) is 18.5 Å². The molecule has 0 spiro atoms. The quantitative estimate of drug-likeness (QED) is 0.323. The summed E-state index contributed by atoms with van der Waals surface area (Å²) in [6, 6.07) is 6.09. The summed E-state index contributed by atoms with van der Waals surface area (Å²) < 4.78 is 27.4. The van der Waals surface area contributed by atoms with E-state index in [0.29, 0.717) is 17.8 Å². The zero-order valence-electron chi connectivity index (χ0n) is 28.0. The maximum Gasteiger partial charge on any atom is 0.413 e. The van der Waals surface area contributed by atoms with Crippen LogP contribution in [0.25, 0.3) is 5.52 Å². The van der Waals surface area contributed by atoms with Crippen molar-refractivity contribution < 1.29 is 23.1 Å². The Morgan fingerprint density at radius 3 is 2.19 bits per heavy atom. The lowest BCUT2D eigenvalue weighted by atomic mass is 9.88. The van der Waals surface area contributed by atoms with Crippen LogP contribution in [0.5, 0.6) is 0 Å². The number of nitrogens with one attached hydrogen (secondary N) is 1. The van der Waals surface area contributed by atoms with Crippen LogP contribution in [-0.4, -0.2) is 61.7 Å². The highest BCUT2D eigenvalue weighted by Gasteiger charge is 2.60. The van der Waals surface area contributed by atoms with Gasteiger partial charge in [-0.3, -0.25) is 5.32 Å². The number of rotatable bonds is 7. The molecule has 10 nitrogen and oxygen atoms in total. The number of nitrogens with zero attached hydrogens (tertiary/aromatic N) is 4. The van der Waals surface area contributed by atoms with E-state index in [1.165, 1.54) is 6.33 Å². The van der Waals surface area contributed by atoms with Gasteiger partial charge >= 0.3 is 6.09 Å². The van der Waals surface area contributed by atoms with Crippen molar-refractivity contribution in [2.24, 2.45) is 5.92 Å². The standard InChI is InChI=1S/C30H51N5O5Si2/c1-20-22(17-37-41(11,12)28(5,6)7)38-30(18-31,24(20)40-42(13,14)29(8,9)10)23-16-15-21-25(32-19-33-35(21)23)34-26(36)39-27(2,3)4/h15-16,19-20,22,24H,17H2,1-14H3,(H,32,33,34,36)/t20-,22-,24?,30+/m1/s1. The van der Waals surface area contributed by atoms with E-state index in [1.807, 2.05) is 0 Å². The molecule has 1 N–H and O–H groups in total. The first-order valence-corrected chi connectivity index (χ1v) is 20.5. The fourth-order valence-corrected chi connectivity index (χ4v) is 6.80. The number of hydrogen-bond acceptors (Lipinski definition) is 8. The summed E-state index contributed by atoms with van der Waals surface area (Å²) in [7, 11) is -4.43. The largest absolute Gasteiger partial charge is 0.444 e. The number of carbonyl (C=O) groups is 1. The highest BCUT2D eigenvalue weighted by Crippen LogP contribution is 2.49. The number of hydrogen-bond donors (Lipinski definition) is 1. The second kappa shape index (κ2) is 11.3. The van der Waals surface area contributed by atoms with Crippen molar-refractivity contribution >= 4 is 34.1 Å². The van der Waals surface area contributed by atoms with E-state index in [0.717, 1.165) is 0 Å². The molecule has 0 aromatic carbocycles. The third kappa shape index (κ3) is 6.75. The number of amides is 1. The summed E-state index contributed by atoms with van der Waals surface area (Å²) in [6.07, 6.45) is -0.241. The number of fused-ring (bicyclic) bond motifs is 1. The van der Waals surface area contributed by atoms with Crippen LogP contribution in [0, 0.1) is 17.2 Å². The zero-order valence-corrected chi connectivity index (χ0v) is 30.0. The van der Waals surface area contributed by atoms with E-state index < -0.39 is 40.0 Å². The van der Waals surface area contributed by atoms with Gasteiger partial charge in [-0.15, -0.1) is 0 Å². The lowest BCUT2D eigenvalue weighted by molar-refractivity contribution is -0.0590. The maximum absolute atomic E-state index is 12.6. The van der Waals surface area contributed by atoms with E-state index in [9.17, 15) is 10.1 Å². The van der Waals surface area contributed by atoms with E-state index in [-0.39, 0.29) is 27.9 Å². The monoisotopic (exact) mass is 617 g/mol. The van der Waals surface area contributed by atoms with Crippen molar-refractivity contribution in [2.45, 2.75) is 129 Å². The molecule has 0 aliphatic carbocycles. The number of anilines is 1. The van der Waals surface area contributed by atoms with E-state index in [4.69, 9.17) is 18.3 Å². The van der Waals surface area contributed by atoms with Gasteiger partial charge in [0.25, 0.3) is 0 Å². The van der Waals surface area contributed by atoms with Gasteiger partial charge in [0, 0.05) is 5.92 Å². The molecule has 2 aromatic heterocycles. The molecule has 4 atom stereocenters. The van der Waals surface area contributed by atoms with Gasteiger partial charge in [0.2, 0.25) is 5.60 Å². The molecule has 0 saturated carbocycles. The lowest BCUT2D eigenvalue weighted by Gasteiger charge is -2.42. The molecule has 3 heterocycles. The third-order valence-corrected chi connectivity index (χ3v) is 18.0. The van der Waals surface area contributed by atoms with E-state index in [2.05, 4.69) is 96.1 Å². The Kier molecular flexibility index (Phi) is 9.21. The Hall–Kier alpha value is -2.31. The third-order valence-electron chi connectivity index (χ3n) is 9.06. The summed E-state index contributed by atoms with van der Waals surface area (Å²) in [4.78, 5) is 16.8. The Balaban J connectivity index is 2.10. The second-order valence-corrected chi connectivity index (χ2v) is 25.0. The molecule has 0 radical (unpaired) electrons. The molecule has 2 aromatic rings. The van der Waals surface area contributed by atoms with Crippen molar-refractivity contribution in [3.05, 3.63) is 24.2 Å². The SMILES string of the molecule is C[C@H]1C(O[Si](C)(C)C(C)(C)C)[C@](C#N)(c2ccc3c(NC(=O)OC(C)(C)C)ncnn23)O[C@@H]1CO[Si](C)(C)C(C)(C)C. The topological polar surface area (TPSA) is 120 Å². The highest BCUT2D eigenvalue weighted by atomic mass is 28.4. The predicted octanol–water partition coefficient (Wildman–Crippen LogP) is 7.24. The van der Waals surface area contributed by atoms with Gasteiger partial charge in [0.05, 0.1) is 24.5 Å². The Labute approximate surface area is 253 Å². The first kappa shape index (κ1) is 34.2. The second-order valence-electron chi connectivity index (χ2n) is 15.5. The molecular weight excluding hydrogens is 567 g/mol. The van der Waals surface area contributed by atoms with Crippen molar-refractivity contribution in [2.75, 3.05) is 11.9 Å². The first-order chi connectivity index (χ1) is 19.0. The van der Waals surface area contributed by atoms with Crippen molar-refractivity contribution in [1.82, 2.24) is 14.6 Å². The van der Waals surface area contributed by atoms with Gasteiger partial charge in [-0.2, -0.15) is 10.4 Å². The molecule has 1 aliphatic heterocycles. The molecule has 1 amide bonds. The smallest absolute Gasteiger partial charge is 0.413 e. The molecule has 1 fully saturated rings. The molecule has 234 valence electrons. The minimum atomic E-state index is -2.35. The molecule has 12 heteroatoms. The van der Waals surface area contributed by atoms with Gasteiger partial charge in [-0.25, -0.2) is 14.3 Å². The molecule has 3 rings (SSSR count). The van der Waals surface area contributed by atoms with E-state index >= 15 is 0 Å². The van der Waals surface area contributed by atoms with Gasteiger partial charge in [0.15, 0.2) is 22.5 Å². The summed E-state index contributed by atoms with van der Waals surface area (Å²) >= 11 is 0. The van der Waals surface area contributed by atoms with Crippen LogP contribution in [0.4, 0.5) is 10.6 Å². The van der Waals surface area contributed by atoms with Crippen LogP contribution < -0.4 is 5.32 Å². The van der Waals surface area contributed by atoms with Crippen molar-refractivity contribution in [3.8, 4) is 6.07 Å². The van der Waals surface area contributed by atoms with Gasteiger partial charge in [-0.1, -0.05) is 48.5 Å². The minimum absolute atomic E-state index is 0.0321. The minimum Gasteiger partial charge on any atom is -0.444 e. The lowest BCUT2D eigenvalue weighted by Crippen LogP contribution is -2.51. The molecule has 42 heavy (non-hydrogen) atoms. The fraction of sp³-hybridized carbons (Fsp3) is 0.733. The van der Waals surface area contributed by atoms with E-state index in [1.54, 1.807) is 37.4 Å². The number of ether oxygens (including phenoxy) is 2. The van der Waals surface area contributed by atoms with Crippen molar-refractivity contribution in [3.63, 3.8) is 0 Å². The molecule has 1 unspecified atom stereocenters. The fourth-order valence-electron chi connectivity index (χ4n) is 4.42. The zero-order chi connectivity index (χ0) is 32.1. The average molecular weight is 618 g/mol. The van der Waals surface area contributed by atoms with Gasteiger partial charge in [0.1, 0.15) is 23.5 Å². The Morgan fingerprint density at radius 1 is 1.07 bits per heavy atom. The molecule has 0 bridgehead atoms. The van der Waals surface area contributed by atoms with Crippen LogP contribution in [0.2, 0.25) is 36.3 Å². The number of nitriles is 1. The normalized spacial score (nSPS) is 24.1. The van der Waals surface area contributed by atoms with Crippen LogP contribution >= 0.6 is 0 Å². The van der Waals surface area contributed by atoms with Gasteiger partial charge in [-0.05, 0) is 69.2 Å². The summed E-state index contributed by atoms with van der Waals surface area (Å²) in [5.74, 6) is 0.125. The first-order valence-electron chi connectivity index (χ1n) is 14.7. The number of aromatic nitrogens is 3. The molecule has 1 saturated heterocycles. The Bertz CT molecular complexity index is 1330. The van der Waals surface area contributed by atoms with Crippen LogP contribution in [-0.2, 0) is 23.9 Å². The Morgan fingerprint density at radius 2 is 1.67 bits per heavy atom. The predicted molar refractivity (Wildman–Crippen MR) is 169 cm³/mol. The summed E-state index contributed by atoms with van der Waals surface area (Å²) in [6.45, 7) is 29.8. The number of carbonyl (C=O) groups excluding carboxylic acids is 1. The van der Waals surface area contributed by atoms with Crippen LogP contribution in [0.3, 0.4) is 0 Å². The van der Waals surface area contributed by atoms with Gasteiger partial charge < -0.3 is 18.3 Å². The average Bonchev–Trinajstić information content (AvgIpc) is 3.36. The highest BCUT2D eigenvalue weighted by molar-refractivity contribution is 6.74. The summed E-state index contributed by atoms with van der Waals surface area (Å²) in [5.41, 5.74) is -1.12. The summed E-state index contributed by atoms with van der Waals surface area (Å²) in [5, 5.41) is 18.1. The molecule has 1 aliphatic rings. The van der Waals surface area contributed by atoms with Crippen LogP contribution in [0.1, 0.15) is 74.9 Å². The van der Waals surface area contributed by atoms with Crippen molar-refractivity contribution in [1.29, 1.82) is 5.26 Å². The molecular formula is C30H51N5O5Si2. The maximum atomic E-state index is 12.6.